The molecular weight excluding hydrogens is 366 g/mol. The zero-order valence-corrected chi connectivity index (χ0v) is 15.8. The molecule has 2 aromatic heterocycles. The number of aromatic amines is 1. The third kappa shape index (κ3) is 3.62. The van der Waals surface area contributed by atoms with Crippen molar-refractivity contribution in [3.63, 3.8) is 0 Å². The number of nitrogens with one attached hydrogen (secondary N) is 1. The van der Waals surface area contributed by atoms with Crippen LogP contribution in [0.4, 0.5) is 0 Å². The lowest BCUT2D eigenvalue weighted by Crippen LogP contribution is -2.49. The van der Waals surface area contributed by atoms with Crippen LogP contribution in [0, 0.1) is 5.92 Å². The van der Waals surface area contributed by atoms with E-state index in [1.165, 1.54) is 9.88 Å². The fraction of sp³-hybridized carbons (Fsp3) is 0.444. The molecule has 144 valence electrons. The molecule has 4 heterocycles. The van der Waals surface area contributed by atoms with Gasteiger partial charge in [-0.25, -0.2) is 10.1 Å². The SMILES string of the molecule is NS(=O)(=O)N1CCCC(C(=O)N2CC=C(c3c[nH]c4ncccc34)CC2)C1. The maximum atomic E-state index is 12.8. The van der Waals surface area contributed by atoms with Crippen LogP contribution in [-0.4, -0.2) is 59.7 Å². The summed E-state index contributed by atoms with van der Waals surface area (Å²) < 4.78 is 24.4. The Morgan fingerprint density at radius 3 is 2.93 bits per heavy atom. The van der Waals surface area contributed by atoms with Crippen LogP contribution in [0.5, 0.6) is 0 Å². The summed E-state index contributed by atoms with van der Waals surface area (Å²) in [6.07, 6.45) is 7.92. The Labute approximate surface area is 158 Å². The topological polar surface area (TPSA) is 112 Å². The van der Waals surface area contributed by atoms with E-state index in [1.807, 2.05) is 23.2 Å². The summed E-state index contributed by atoms with van der Waals surface area (Å²) in [6.45, 7) is 1.73. The highest BCUT2D eigenvalue weighted by Gasteiger charge is 2.33. The number of aromatic nitrogens is 2. The fourth-order valence-corrected chi connectivity index (χ4v) is 4.74. The van der Waals surface area contributed by atoms with Gasteiger partial charge in [0.05, 0.1) is 5.92 Å². The van der Waals surface area contributed by atoms with Crippen molar-refractivity contribution in [2.75, 3.05) is 26.2 Å². The van der Waals surface area contributed by atoms with Crippen molar-refractivity contribution in [1.82, 2.24) is 19.2 Å². The Morgan fingerprint density at radius 1 is 1.33 bits per heavy atom. The first kappa shape index (κ1) is 18.1. The number of nitrogens with two attached hydrogens (primary N) is 1. The maximum Gasteiger partial charge on any atom is 0.276 e. The zero-order chi connectivity index (χ0) is 19.0. The first-order valence-corrected chi connectivity index (χ1v) is 10.6. The molecule has 1 amide bonds. The highest BCUT2D eigenvalue weighted by molar-refractivity contribution is 7.86. The molecule has 0 radical (unpaired) electrons. The summed E-state index contributed by atoms with van der Waals surface area (Å²) in [7, 11) is -3.74. The molecule has 0 bridgehead atoms. The molecule has 0 spiro atoms. The Bertz CT molecular complexity index is 997. The minimum atomic E-state index is -3.74. The van der Waals surface area contributed by atoms with Crippen molar-refractivity contribution in [2.24, 2.45) is 11.1 Å². The van der Waals surface area contributed by atoms with Crippen molar-refractivity contribution in [3.05, 3.63) is 36.2 Å². The van der Waals surface area contributed by atoms with Gasteiger partial charge in [0.2, 0.25) is 5.91 Å². The average Bonchev–Trinajstić information content (AvgIpc) is 3.11. The van der Waals surface area contributed by atoms with Crippen LogP contribution >= 0.6 is 0 Å². The van der Waals surface area contributed by atoms with Crippen LogP contribution in [-0.2, 0) is 15.0 Å². The predicted octanol–water partition coefficient (Wildman–Crippen LogP) is 1.09. The second-order valence-electron chi connectivity index (χ2n) is 7.11. The molecule has 27 heavy (non-hydrogen) atoms. The normalized spacial score (nSPS) is 22.0. The van der Waals surface area contributed by atoms with Crippen LogP contribution in [0.1, 0.15) is 24.8 Å². The van der Waals surface area contributed by atoms with Crippen LogP contribution in [0.3, 0.4) is 0 Å². The number of H-pyrrole nitrogens is 1. The zero-order valence-electron chi connectivity index (χ0n) is 15.0. The van der Waals surface area contributed by atoms with Crippen molar-refractivity contribution in [3.8, 4) is 0 Å². The van der Waals surface area contributed by atoms with Crippen LogP contribution in [0.25, 0.3) is 16.6 Å². The highest BCUT2D eigenvalue weighted by atomic mass is 32.2. The van der Waals surface area contributed by atoms with Gasteiger partial charge in [-0.2, -0.15) is 12.7 Å². The molecule has 0 aliphatic carbocycles. The molecular formula is C18H23N5O3S. The number of pyridine rings is 1. The van der Waals surface area contributed by atoms with Gasteiger partial charge in [-0.3, -0.25) is 4.79 Å². The summed E-state index contributed by atoms with van der Waals surface area (Å²) >= 11 is 0. The van der Waals surface area contributed by atoms with E-state index in [2.05, 4.69) is 16.0 Å². The van der Waals surface area contributed by atoms with Gasteiger partial charge in [0.1, 0.15) is 5.65 Å². The molecule has 1 atom stereocenters. The summed E-state index contributed by atoms with van der Waals surface area (Å²) in [5.74, 6) is -0.302. The smallest absolute Gasteiger partial charge is 0.276 e. The van der Waals surface area contributed by atoms with Gasteiger partial charge in [0, 0.05) is 49.5 Å². The quantitative estimate of drug-likeness (QED) is 0.818. The number of amides is 1. The molecule has 2 aliphatic heterocycles. The van der Waals surface area contributed by atoms with Gasteiger partial charge < -0.3 is 9.88 Å². The van der Waals surface area contributed by atoms with Crippen LogP contribution < -0.4 is 5.14 Å². The minimum absolute atomic E-state index is 0.0132. The second-order valence-corrected chi connectivity index (χ2v) is 8.65. The van der Waals surface area contributed by atoms with E-state index in [-0.39, 0.29) is 18.4 Å². The lowest BCUT2D eigenvalue weighted by molar-refractivity contribution is -0.136. The van der Waals surface area contributed by atoms with Gasteiger partial charge in [-0.1, -0.05) is 6.08 Å². The number of rotatable bonds is 3. The van der Waals surface area contributed by atoms with E-state index >= 15 is 0 Å². The van der Waals surface area contributed by atoms with E-state index in [4.69, 9.17) is 5.14 Å². The standard InChI is InChI=1S/C18H23N5O3S/c19-27(25,26)23-8-2-3-14(12-23)18(24)22-9-5-13(6-10-22)16-11-21-17-15(16)4-1-7-20-17/h1,4-5,7,11,14H,2-3,6,8-10,12H2,(H,20,21)(H2,19,25,26). The third-order valence-electron chi connectivity index (χ3n) is 5.41. The van der Waals surface area contributed by atoms with Crippen molar-refractivity contribution >= 4 is 32.7 Å². The number of nitrogens with zero attached hydrogens (tertiary/aromatic N) is 3. The Balaban J connectivity index is 1.46. The summed E-state index contributed by atoms with van der Waals surface area (Å²) in [6, 6.07) is 3.95. The summed E-state index contributed by atoms with van der Waals surface area (Å²) in [4.78, 5) is 22.2. The van der Waals surface area contributed by atoms with E-state index < -0.39 is 10.2 Å². The summed E-state index contributed by atoms with van der Waals surface area (Å²) in [5, 5.41) is 6.31. The Morgan fingerprint density at radius 2 is 2.19 bits per heavy atom. The number of hydrogen-bond donors (Lipinski definition) is 2. The molecule has 8 nitrogen and oxygen atoms in total. The van der Waals surface area contributed by atoms with Crippen molar-refractivity contribution in [2.45, 2.75) is 19.3 Å². The molecule has 0 saturated carbocycles. The van der Waals surface area contributed by atoms with E-state index in [1.54, 1.807) is 6.20 Å². The number of piperidine rings is 1. The fourth-order valence-electron chi connectivity index (χ4n) is 3.97. The van der Waals surface area contributed by atoms with Crippen LogP contribution in [0.2, 0.25) is 0 Å². The number of carbonyl (C=O) groups excluding carboxylic acids is 1. The van der Waals surface area contributed by atoms with E-state index in [9.17, 15) is 13.2 Å². The molecule has 2 aliphatic rings. The molecule has 3 N–H and O–H groups in total. The average molecular weight is 389 g/mol. The van der Waals surface area contributed by atoms with Crippen molar-refractivity contribution < 1.29 is 13.2 Å². The molecule has 4 rings (SSSR count). The summed E-state index contributed by atoms with van der Waals surface area (Å²) in [5.41, 5.74) is 3.19. The van der Waals surface area contributed by atoms with Crippen molar-refractivity contribution in [1.29, 1.82) is 0 Å². The number of hydrogen-bond acceptors (Lipinski definition) is 4. The lowest BCUT2D eigenvalue weighted by Gasteiger charge is -2.34. The Kier molecular flexibility index (Phi) is 4.75. The molecule has 0 aromatic carbocycles. The first-order valence-electron chi connectivity index (χ1n) is 9.11. The second kappa shape index (κ2) is 7.06. The van der Waals surface area contributed by atoms with Gasteiger partial charge in [0.15, 0.2) is 0 Å². The molecule has 1 saturated heterocycles. The first-order chi connectivity index (χ1) is 12.9. The third-order valence-corrected chi connectivity index (χ3v) is 6.46. The Hall–Kier alpha value is -2.23. The number of carbonyl (C=O) groups is 1. The van der Waals surface area contributed by atoms with Gasteiger partial charge in [-0.05, 0) is 37.0 Å². The lowest BCUT2D eigenvalue weighted by atomic mass is 9.95. The predicted molar refractivity (Wildman–Crippen MR) is 103 cm³/mol. The van der Waals surface area contributed by atoms with Gasteiger partial charge >= 0.3 is 0 Å². The van der Waals surface area contributed by atoms with Gasteiger partial charge in [0.25, 0.3) is 10.2 Å². The maximum absolute atomic E-state index is 12.8. The van der Waals surface area contributed by atoms with Gasteiger partial charge in [-0.15, -0.1) is 0 Å². The van der Waals surface area contributed by atoms with E-state index in [0.29, 0.717) is 32.5 Å². The monoisotopic (exact) mass is 389 g/mol. The molecule has 1 fully saturated rings. The number of fused-ring (bicyclic) bond motifs is 1. The molecule has 9 heteroatoms. The largest absolute Gasteiger partial charge is 0.346 e. The highest BCUT2D eigenvalue weighted by Crippen LogP contribution is 2.29. The minimum Gasteiger partial charge on any atom is -0.346 e. The van der Waals surface area contributed by atoms with Crippen LogP contribution in [0.15, 0.2) is 30.6 Å². The van der Waals surface area contributed by atoms with E-state index in [0.717, 1.165) is 23.0 Å². The molecule has 1 unspecified atom stereocenters. The molecule has 2 aromatic rings.